The van der Waals surface area contributed by atoms with Gasteiger partial charge in [0.1, 0.15) is 5.60 Å². The van der Waals surface area contributed by atoms with E-state index in [9.17, 15) is 4.79 Å². The Morgan fingerprint density at radius 1 is 1.11 bits per heavy atom. The molecule has 0 aliphatic carbocycles. The van der Waals surface area contributed by atoms with Crippen LogP contribution in [0.3, 0.4) is 0 Å². The van der Waals surface area contributed by atoms with Gasteiger partial charge in [-0.1, -0.05) is 12.1 Å². The molecule has 0 N–H and O–H groups in total. The van der Waals surface area contributed by atoms with Crippen LogP contribution in [0.1, 0.15) is 69.7 Å². The summed E-state index contributed by atoms with van der Waals surface area (Å²) in [5.74, 6) is 0. The van der Waals surface area contributed by atoms with Gasteiger partial charge in [0, 0.05) is 53.8 Å². The lowest BCUT2D eigenvalue weighted by Crippen LogP contribution is -2.46. The van der Waals surface area contributed by atoms with Crippen LogP contribution in [0.5, 0.6) is 0 Å². The Morgan fingerprint density at radius 3 is 2.54 bits per heavy atom. The third-order valence-corrected chi connectivity index (χ3v) is 8.57. The van der Waals surface area contributed by atoms with Crippen molar-refractivity contribution >= 4 is 29.1 Å². The molecule has 8 heteroatoms. The first-order chi connectivity index (χ1) is 17.5. The highest BCUT2D eigenvalue weighted by molar-refractivity contribution is 7.97. The number of pyridine rings is 1. The van der Waals surface area contributed by atoms with Crippen molar-refractivity contribution in [2.24, 2.45) is 0 Å². The van der Waals surface area contributed by atoms with E-state index in [2.05, 4.69) is 48.5 Å². The van der Waals surface area contributed by atoms with Crippen molar-refractivity contribution in [1.29, 1.82) is 0 Å². The highest BCUT2D eigenvalue weighted by Crippen LogP contribution is 2.50. The predicted molar refractivity (Wildman–Crippen MR) is 145 cm³/mol. The van der Waals surface area contributed by atoms with Gasteiger partial charge in [0.2, 0.25) is 0 Å². The van der Waals surface area contributed by atoms with Crippen molar-refractivity contribution < 1.29 is 19.0 Å². The number of ether oxygens (including phenoxy) is 3. The zero-order valence-corrected chi connectivity index (χ0v) is 23.3. The standard InChI is InChI=1S/C29H35N3O4S/c1-27(2,3)36-26(33)31-11-9-29(10-12-31)24-20(17-35-29)14-30-25-23(24)21(15-32(25)37-6)18-7-8-22-19(13-18)16-34-28(22,4)5/h7-8,13-15H,9-12,16-17H2,1-6H3. The van der Waals surface area contributed by atoms with E-state index in [-0.39, 0.29) is 11.7 Å². The van der Waals surface area contributed by atoms with Gasteiger partial charge in [-0.3, -0.25) is 3.97 Å². The van der Waals surface area contributed by atoms with E-state index in [0.717, 1.165) is 29.4 Å². The smallest absolute Gasteiger partial charge is 0.410 e. The minimum atomic E-state index is -0.508. The number of benzene rings is 1. The summed E-state index contributed by atoms with van der Waals surface area (Å²) in [7, 11) is 0. The fourth-order valence-corrected chi connectivity index (χ4v) is 6.58. The zero-order valence-electron chi connectivity index (χ0n) is 22.5. The van der Waals surface area contributed by atoms with Gasteiger partial charge in [0.15, 0.2) is 5.65 Å². The van der Waals surface area contributed by atoms with Crippen LogP contribution in [-0.4, -0.2) is 44.9 Å². The summed E-state index contributed by atoms with van der Waals surface area (Å²) in [5, 5.41) is 1.16. The Hall–Kier alpha value is -2.55. The average molecular weight is 522 g/mol. The van der Waals surface area contributed by atoms with Crippen LogP contribution >= 0.6 is 11.9 Å². The van der Waals surface area contributed by atoms with Crippen LogP contribution in [0.25, 0.3) is 22.2 Å². The van der Waals surface area contributed by atoms with E-state index < -0.39 is 11.2 Å². The third-order valence-electron chi connectivity index (χ3n) is 7.89. The van der Waals surface area contributed by atoms with Crippen LogP contribution in [0, 0.1) is 0 Å². The minimum Gasteiger partial charge on any atom is -0.444 e. The van der Waals surface area contributed by atoms with Gasteiger partial charge in [0.05, 0.1) is 24.4 Å². The van der Waals surface area contributed by atoms with E-state index in [1.807, 2.05) is 31.9 Å². The maximum absolute atomic E-state index is 12.7. The second-order valence-corrected chi connectivity index (χ2v) is 12.6. The van der Waals surface area contributed by atoms with Crippen molar-refractivity contribution in [2.75, 3.05) is 19.3 Å². The first kappa shape index (κ1) is 24.8. The Bertz CT molecular complexity index is 1400. The summed E-state index contributed by atoms with van der Waals surface area (Å²) in [6, 6.07) is 6.69. The van der Waals surface area contributed by atoms with E-state index in [4.69, 9.17) is 19.2 Å². The molecule has 37 heavy (non-hydrogen) atoms. The summed E-state index contributed by atoms with van der Waals surface area (Å²) in [6.07, 6.45) is 7.46. The number of likely N-dealkylation sites (tertiary alicyclic amines) is 1. The van der Waals surface area contributed by atoms with Crippen LogP contribution in [-0.2, 0) is 38.6 Å². The number of amides is 1. The Morgan fingerprint density at radius 2 is 1.84 bits per heavy atom. The fourth-order valence-electron chi connectivity index (χ4n) is 6.06. The van der Waals surface area contributed by atoms with Crippen LogP contribution in [0.2, 0.25) is 0 Å². The van der Waals surface area contributed by atoms with E-state index >= 15 is 0 Å². The summed E-state index contributed by atoms with van der Waals surface area (Å²) in [4.78, 5) is 19.4. The maximum Gasteiger partial charge on any atom is 0.410 e. The molecule has 0 radical (unpaired) electrons. The number of rotatable bonds is 2. The molecule has 3 aliphatic rings. The number of carbonyl (C=O) groups is 1. The topological polar surface area (TPSA) is 65.8 Å². The van der Waals surface area contributed by atoms with E-state index in [1.165, 1.54) is 27.8 Å². The average Bonchev–Trinajstić information content (AvgIpc) is 3.49. The second-order valence-electron chi connectivity index (χ2n) is 11.8. The lowest BCUT2D eigenvalue weighted by molar-refractivity contribution is -0.0790. The van der Waals surface area contributed by atoms with Gasteiger partial charge in [-0.25, -0.2) is 9.78 Å². The number of hydrogen-bond donors (Lipinski definition) is 0. The largest absolute Gasteiger partial charge is 0.444 e. The molecule has 0 atom stereocenters. The van der Waals surface area contributed by atoms with Crippen molar-refractivity contribution in [2.45, 2.75) is 77.5 Å². The normalized spacial score (nSPS) is 19.9. The summed E-state index contributed by atoms with van der Waals surface area (Å²) >= 11 is 1.65. The molecule has 2 aromatic heterocycles. The third kappa shape index (κ3) is 4.04. The Balaban J connectivity index is 1.42. The molecule has 1 spiro atoms. The van der Waals surface area contributed by atoms with Gasteiger partial charge in [0.25, 0.3) is 0 Å². The van der Waals surface area contributed by atoms with Crippen molar-refractivity contribution in [3.8, 4) is 11.1 Å². The molecule has 0 bridgehead atoms. The van der Waals surface area contributed by atoms with Crippen molar-refractivity contribution in [3.63, 3.8) is 0 Å². The summed E-state index contributed by atoms with van der Waals surface area (Å²) in [5.41, 5.74) is 6.96. The molecule has 3 aliphatic heterocycles. The molecule has 7 nitrogen and oxygen atoms in total. The molecule has 0 unspecified atom stereocenters. The van der Waals surface area contributed by atoms with Crippen LogP contribution in [0.4, 0.5) is 4.79 Å². The predicted octanol–water partition coefficient (Wildman–Crippen LogP) is 6.35. The second kappa shape index (κ2) is 8.48. The van der Waals surface area contributed by atoms with Gasteiger partial charge < -0.3 is 19.1 Å². The molecule has 1 aromatic carbocycles. The molecule has 1 saturated heterocycles. The molecular weight excluding hydrogens is 486 g/mol. The molecule has 6 rings (SSSR count). The molecule has 1 amide bonds. The molecule has 3 aromatic rings. The zero-order chi connectivity index (χ0) is 26.2. The number of nitrogens with zero attached hydrogens (tertiary/aromatic N) is 3. The van der Waals surface area contributed by atoms with Crippen molar-refractivity contribution in [3.05, 3.63) is 52.8 Å². The van der Waals surface area contributed by atoms with Crippen LogP contribution in [0.15, 0.2) is 30.6 Å². The van der Waals surface area contributed by atoms with Gasteiger partial charge >= 0.3 is 6.09 Å². The molecule has 1 fully saturated rings. The lowest BCUT2D eigenvalue weighted by atomic mass is 9.81. The maximum atomic E-state index is 12.7. The minimum absolute atomic E-state index is 0.252. The molecule has 0 saturated carbocycles. The van der Waals surface area contributed by atoms with Gasteiger partial charge in [-0.2, -0.15) is 0 Å². The first-order valence-corrected chi connectivity index (χ1v) is 14.2. The Labute approximate surface area is 222 Å². The molecule has 5 heterocycles. The number of carbonyl (C=O) groups excluding carboxylic acids is 1. The van der Waals surface area contributed by atoms with Gasteiger partial charge in [-0.15, -0.1) is 0 Å². The van der Waals surface area contributed by atoms with E-state index in [1.54, 1.807) is 11.9 Å². The molecule has 196 valence electrons. The fraction of sp³-hybridized carbons (Fsp3) is 0.517. The van der Waals surface area contributed by atoms with Crippen molar-refractivity contribution in [1.82, 2.24) is 13.9 Å². The summed E-state index contributed by atoms with van der Waals surface area (Å²) in [6.45, 7) is 12.3. The number of hydrogen-bond acceptors (Lipinski definition) is 6. The highest BCUT2D eigenvalue weighted by Gasteiger charge is 2.46. The monoisotopic (exact) mass is 521 g/mol. The highest BCUT2D eigenvalue weighted by atomic mass is 32.2. The molecular formula is C29H35N3O4S. The summed E-state index contributed by atoms with van der Waals surface area (Å²) < 4.78 is 20.4. The number of aromatic nitrogens is 2. The van der Waals surface area contributed by atoms with Gasteiger partial charge in [-0.05, 0) is 82.2 Å². The number of piperidine rings is 1. The SMILES string of the molecule is CSn1cc(-c2ccc3c(c2)COC3(C)C)c2c3c(cnc21)COC31CCN(C(=O)OC(C)(C)C)CC1. The van der Waals surface area contributed by atoms with E-state index in [0.29, 0.717) is 26.3 Å². The lowest BCUT2D eigenvalue weighted by Gasteiger charge is -2.39. The van der Waals surface area contributed by atoms with Crippen LogP contribution < -0.4 is 0 Å². The number of fused-ring (bicyclic) bond motifs is 5. The Kier molecular flexibility index (Phi) is 5.68. The first-order valence-electron chi connectivity index (χ1n) is 13.0. The quantitative estimate of drug-likeness (QED) is 0.391.